The third-order valence-electron chi connectivity index (χ3n) is 2.12. The summed E-state index contributed by atoms with van der Waals surface area (Å²) in [6, 6.07) is 0. The average molecular weight is 375 g/mol. The van der Waals surface area contributed by atoms with Gasteiger partial charge in [-0.25, -0.2) is 0 Å². The van der Waals surface area contributed by atoms with E-state index in [-0.39, 0.29) is 5.33 Å². The Morgan fingerprint density at radius 2 is 1.74 bits per heavy atom. The zero-order valence-electron chi connectivity index (χ0n) is 8.77. The van der Waals surface area contributed by atoms with E-state index in [1.54, 1.807) is 0 Å². The first-order valence-corrected chi connectivity index (χ1v) is 6.56. The van der Waals surface area contributed by atoms with E-state index in [1.165, 1.54) is 0 Å². The molecule has 0 spiro atoms. The van der Waals surface area contributed by atoms with Crippen molar-refractivity contribution in [3.05, 3.63) is 0 Å². The molecule has 0 aromatic rings. The number of Topliss-reactive ketones (excluding diaryl/α,β-unsaturated/α-hetero) is 1. The molecule has 110 valence electrons. The van der Waals surface area contributed by atoms with Crippen LogP contribution in [0.4, 0.5) is 26.3 Å². The summed E-state index contributed by atoms with van der Waals surface area (Å²) in [5.41, 5.74) is 0. The van der Waals surface area contributed by atoms with Crippen LogP contribution in [0.25, 0.3) is 0 Å². The van der Waals surface area contributed by atoms with Crippen LogP contribution in [-0.2, 0) is 14.3 Å². The zero-order valence-corrected chi connectivity index (χ0v) is 11.2. The van der Waals surface area contributed by atoms with Crippen molar-refractivity contribution < 1.29 is 40.7 Å². The summed E-state index contributed by atoms with van der Waals surface area (Å²) in [6.45, 7) is 0. The van der Waals surface area contributed by atoms with E-state index < -0.39 is 52.5 Å². The van der Waals surface area contributed by atoms with Gasteiger partial charge in [-0.2, -0.15) is 26.3 Å². The lowest BCUT2D eigenvalue weighted by atomic mass is 10.2. The standard InChI is InChI=1S/C8H5BrF6O3S/c9-2-3(16)1-4-5(17)18-6(19-4,7(10,11)12)8(13,14)15/h4H,1-2H2. The molecule has 1 aliphatic heterocycles. The zero-order chi connectivity index (χ0) is 15.1. The fourth-order valence-electron chi connectivity index (χ4n) is 1.28. The number of carbonyl (C=O) groups is 2. The van der Waals surface area contributed by atoms with Gasteiger partial charge in [-0.3, -0.25) is 9.59 Å². The molecule has 0 aliphatic carbocycles. The third kappa shape index (κ3) is 3.01. The largest absolute Gasteiger partial charge is 0.448 e. The molecular formula is C8H5BrF6O3S. The van der Waals surface area contributed by atoms with Gasteiger partial charge in [0.2, 0.25) is 0 Å². The van der Waals surface area contributed by atoms with Gasteiger partial charge in [0.05, 0.1) is 5.33 Å². The lowest BCUT2D eigenvalue weighted by molar-refractivity contribution is -0.327. The van der Waals surface area contributed by atoms with Gasteiger partial charge in [0.25, 0.3) is 0 Å². The smallest absolute Gasteiger partial charge is 0.428 e. The molecule has 0 aromatic carbocycles. The Balaban J connectivity index is 3.07. The molecule has 11 heteroatoms. The van der Waals surface area contributed by atoms with E-state index in [9.17, 15) is 35.9 Å². The second-order valence-electron chi connectivity index (χ2n) is 3.52. The Morgan fingerprint density at radius 3 is 2.05 bits per heavy atom. The minimum Gasteiger partial charge on any atom is -0.428 e. The first kappa shape index (κ1) is 16.6. The molecule has 1 unspecified atom stereocenters. The maximum absolute atomic E-state index is 12.6. The fourth-order valence-corrected chi connectivity index (χ4v) is 2.72. The topological polar surface area (TPSA) is 43.4 Å². The summed E-state index contributed by atoms with van der Waals surface area (Å²) >= 11 is 1.95. The van der Waals surface area contributed by atoms with Gasteiger partial charge in [-0.1, -0.05) is 27.7 Å². The first-order valence-electron chi connectivity index (χ1n) is 4.56. The van der Waals surface area contributed by atoms with E-state index >= 15 is 0 Å². The predicted molar refractivity (Wildman–Crippen MR) is 55.7 cm³/mol. The number of rotatable bonds is 3. The van der Waals surface area contributed by atoms with E-state index in [2.05, 4.69) is 20.7 Å². The van der Waals surface area contributed by atoms with Crippen molar-refractivity contribution in [3.8, 4) is 0 Å². The fraction of sp³-hybridized carbons (Fsp3) is 0.750. The third-order valence-corrected chi connectivity index (χ3v) is 4.27. The van der Waals surface area contributed by atoms with Gasteiger partial charge >= 0.3 is 23.3 Å². The number of thioether (sulfide) groups is 1. The number of carbonyl (C=O) groups excluding carboxylic acids is 2. The predicted octanol–water partition coefficient (Wildman–Crippen LogP) is 2.82. The Kier molecular flexibility index (Phi) is 4.50. The van der Waals surface area contributed by atoms with Crippen molar-refractivity contribution in [2.45, 2.75) is 29.0 Å². The number of halogens is 7. The van der Waals surface area contributed by atoms with Crippen molar-refractivity contribution in [3.63, 3.8) is 0 Å². The molecule has 3 nitrogen and oxygen atoms in total. The molecule has 0 saturated carbocycles. The first-order chi connectivity index (χ1) is 8.44. The van der Waals surface area contributed by atoms with Gasteiger partial charge < -0.3 is 4.74 Å². The van der Waals surface area contributed by atoms with Crippen LogP contribution < -0.4 is 0 Å². The summed E-state index contributed by atoms with van der Waals surface area (Å²) in [5.74, 6) is -2.40. The number of ether oxygens (including phenoxy) is 1. The van der Waals surface area contributed by atoms with E-state index in [4.69, 9.17) is 0 Å². The summed E-state index contributed by atoms with van der Waals surface area (Å²) < 4.78 is 78.9. The molecule has 0 N–H and O–H groups in total. The summed E-state index contributed by atoms with van der Waals surface area (Å²) in [4.78, 5) is 17.5. The molecule has 1 atom stereocenters. The van der Waals surface area contributed by atoms with Crippen LogP contribution in [0.3, 0.4) is 0 Å². The minimum absolute atomic E-state index is 0.275. The highest BCUT2D eigenvalue weighted by atomic mass is 79.9. The summed E-state index contributed by atoms with van der Waals surface area (Å²) in [5, 5.41) is -2.10. The molecule has 19 heavy (non-hydrogen) atoms. The Bertz CT molecular complexity index is 379. The second kappa shape index (κ2) is 5.15. The van der Waals surface area contributed by atoms with Gasteiger partial charge in [0, 0.05) is 6.42 Å². The molecule has 1 saturated heterocycles. The number of alkyl halides is 7. The van der Waals surface area contributed by atoms with Crippen LogP contribution in [0, 0.1) is 0 Å². The van der Waals surface area contributed by atoms with Crippen molar-refractivity contribution in [2.75, 3.05) is 5.33 Å². The molecular weight excluding hydrogens is 370 g/mol. The molecule has 0 aromatic heterocycles. The summed E-state index contributed by atoms with van der Waals surface area (Å²) in [7, 11) is 0. The lowest BCUT2D eigenvalue weighted by Crippen LogP contribution is -2.54. The molecule has 1 heterocycles. The Labute approximate surface area is 115 Å². The van der Waals surface area contributed by atoms with Gasteiger partial charge in [0.1, 0.15) is 11.0 Å². The SMILES string of the molecule is O=C(CBr)CC1SC(C(F)(F)F)(C(F)(F)F)OC1=O. The van der Waals surface area contributed by atoms with Crippen molar-refractivity contribution >= 4 is 39.4 Å². The van der Waals surface area contributed by atoms with Crippen LogP contribution in [-0.4, -0.2) is 39.6 Å². The number of cyclic esters (lactones) is 1. The number of hydrogen-bond donors (Lipinski definition) is 0. The van der Waals surface area contributed by atoms with Crippen molar-refractivity contribution in [2.24, 2.45) is 0 Å². The van der Waals surface area contributed by atoms with Crippen LogP contribution in [0.2, 0.25) is 0 Å². The quantitative estimate of drug-likeness (QED) is 0.432. The normalized spacial score (nSPS) is 23.3. The Morgan fingerprint density at radius 1 is 1.26 bits per heavy atom. The summed E-state index contributed by atoms with van der Waals surface area (Å²) in [6.07, 6.45) is -12.4. The van der Waals surface area contributed by atoms with Crippen molar-refractivity contribution in [1.29, 1.82) is 0 Å². The van der Waals surface area contributed by atoms with E-state index in [0.717, 1.165) is 0 Å². The molecule has 1 rings (SSSR count). The van der Waals surface area contributed by atoms with Crippen LogP contribution in [0.5, 0.6) is 0 Å². The second-order valence-corrected chi connectivity index (χ2v) is 5.46. The highest BCUT2D eigenvalue weighted by molar-refractivity contribution is 9.09. The minimum atomic E-state index is -5.82. The lowest BCUT2D eigenvalue weighted by Gasteiger charge is -2.30. The van der Waals surface area contributed by atoms with Crippen molar-refractivity contribution in [1.82, 2.24) is 0 Å². The van der Waals surface area contributed by atoms with Crippen LogP contribution >= 0.6 is 27.7 Å². The maximum atomic E-state index is 12.6. The molecule has 1 fully saturated rings. The van der Waals surface area contributed by atoms with Crippen LogP contribution in [0.1, 0.15) is 6.42 Å². The van der Waals surface area contributed by atoms with Gasteiger partial charge in [-0.15, -0.1) is 0 Å². The molecule has 0 amide bonds. The Hall–Kier alpha value is -0.450. The number of esters is 1. The molecule has 1 aliphatic rings. The number of ketones is 1. The average Bonchev–Trinajstić information content (AvgIpc) is 2.56. The monoisotopic (exact) mass is 374 g/mol. The van der Waals surface area contributed by atoms with Gasteiger partial charge in [-0.05, 0) is 0 Å². The van der Waals surface area contributed by atoms with Crippen LogP contribution in [0.15, 0.2) is 0 Å². The highest BCUT2D eigenvalue weighted by Gasteiger charge is 2.78. The molecule has 0 bridgehead atoms. The maximum Gasteiger partial charge on any atom is 0.448 e. The molecule has 0 radical (unpaired) electrons. The van der Waals surface area contributed by atoms with E-state index in [1.807, 2.05) is 0 Å². The van der Waals surface area contributed by atoms with E-state index in [0.29, 0.717) is 0 Å². The number of hydrogen-bond acceptors (Lipinski definition) is 4. The van der Waals surface area contributed by atoms with Gasteiger partial charge in [0.15, 0.2) is 0 Å². The highest BCUT2D eigenvalue weighted by Crippen LogP contribution is 2.58.